The van der Waals surface area contributed by atoms with E-state index in [1.165, 1.54) is 0 Å². The number of nitrogens with one attached hydrogen (secondary N) is 1. The number of nitrogens with zero attached hydrogens (tertiary/aromatic N) is 1. The van der Waals surface area contributed by atoms with Crippen LogP contribution in [0.1, 0.15) is 26.3 Å². The molecule has 0 fully saturated rings. The minimum absolute atomic E-state index is 0.203. The first-order chi connectivity index (χ1) is 7.30. The van der Waals surface area contributed by atoms with Gasteiger partial charge in [0.25, 0.3) is 0 Å². The molecule has 1 rings (SSSR count). The number of nitrogens with two attached hydrogens (primary N) is 1. The molecule has 1 atom stereocenters. The van der Waals surface area contributed by atoms with E-state index in [1.807, 2.05) is 39.8 Å². The van der Waals surface area contributed by atoms with Crippen molar-refractivity contribution >= 4 is 11.7 Å². The van der Waals surface area contributed by atoms with E-state index in [2.05, 4.69) is 10.3 Å². The van der Waals surface area contributed by atoms with Crippen LogP contribution < -0.4 is 11.1 Å². The first-order valence-corrected chi connectivity index (χ1v) is 5.30. The van der Waals surface area contributed by atoms with E-state index in [-0.39, 0.29) is 11.3 Å². The van der Waals surface area contributed by atoms with E-state index in [0.717, 1.165) is 5.56 Å². The molecule has 0 spiro atoms. The summed E-state index contributed by atoms with van der Waals surface area (Å²) in [6.07, 6.45) is 1.66. The van der Waals surface area contributed by atoms with Crippen LogP contribution in [-0.2, 0) is 4.79 Å². The molecule has 0 bridgehead atoms. The van der Waals surface area contributed by atoms with Crippen LogP contribution in [0.5, 0.6) is 0 Å². The first kappa shape index (κ1) is 12.6. The summed E-state index contributed by atoms with van der Waals surface area (Å²) >= 11 is 0. The van der Waals surface area contributed by atoms with Gasteiger partial charge in [0.15, 0.2) is 0 Å². The minimum Gasteiger partial charge on any atom is -0.319 e. The standard InChI is InChI=1S/C12H19N3O/c1-8-5-6-14-9(7-8)15-11(16)10(13)12(2,3)4/h5-7,10H,13H2,1-4H3,(H,14,15,16). The molecule has 4 heteroatoms. The lowest BCUT2D eigenvalue weighted by Gasteiger charge is -2.25. The number of amides is 1. The molecule has 0 saturated heterocycles. The number of anilines is 1. The van der Waals surface area contributed by atoms with Crippen molar-refractivity contribution < 1.29 is 4.79 Å². The third-order valence-corrected chi connectivity index (χ3v) is 2.38. The molecule has 0 aliphatic heterocycles. The minimum atomic E-state index is -0.546. The molecule has 0 aliphatic carbocycles. The van der Waals surface area contributed by atoms with Crippen molar-refractivity contribution in [2.45, 2.75) is 33.7 Å². The molecule has 1 aromatic rings. The van der Waals surface area contributed by atoms with Crippen LogP contribution in [0.15, 0.2) is 18.3 Å². The summed E-state index contributed by atoms with van der Waals surface area (Å²) < 4.78 is 0. The number of aryl methyl sites for hydroxylation is 1. The second-order valence-corrected chi connectivity index (χ2v) is 5.05. The molecule has 4 nitrogen and oxygen atoms in total. The summed E-state index contributed by atoms with van der Waals surface area (Å²) in [5.74, 6) is 0.343. The van der Waals surface area contributed by atoms with Crippen molar-refractivity contribution in [1.29, 1.82) is 0 Å². The Bertz CT molecular complexity index is 382. The van der Waals surface area contributed by atoms with Crippen molar-refractivity contribution in [3.63, 3.8) is 0 Å². The second kappa shape index (κ2) is 4.61. The summed E-state index contributed by atoms with van der Waals surface area (Å²) in [6, 6.07) is 3.14. The molecule has 1 aromatic heterocycles. The van der Waals surface area contributed by atoms with Crippen molar-refractivity contribution in [2.75, 3.05) is 5.32 Å². The quantitative estimate of drug-likeness (QED) is 0.798. The van der Waals surface area contributed by atoms with Crippen LogP contribution in [0, 0.1) is 12.3 Å². The Labute approximate surface area is 96.3 Å². The maximum atomic E-state index is 11.8. The van der Waals surface area contributed by atoms with Crippen LogP contribution in [0.2, 0.25) is 0 Å². The van der Waals surface area contributed by atoms with Crippen molar-refractivity contribution in [3.05, 3.63) is 23.9 Å². The van der Waals surface area contributed by atoms with Crippen molar-refractivity contribution in [1.82, 2.24) is 4.98 Å². The summed E-state index contributed by atoms with van der Waals surface area (Å²) in [6.45, 7) is 7.74. The van der Waals surface area contributed by atoms with Crippen LogP contribution in [0.3, 0.4) is 0 Å². The summed E-state index contributed by atoms with van der Waals surface area (Å²) in [7, 11) is 0. The fourth-order valence-electron chi connectivity index (χ4n) is 1.20. The lowest BCUT2D eigenvalue weighted by Crippen LogP contribution is -2.45. The third-order valence-electron chi connectivity index (χ3n) is 2.38. The zero-order chi connectivity index (χ0) is 12.3. The number of aromatic nitrogens is 1. The Morgan fingerprint density at radius 1 is 1.50 bits per heavy atom. The van der Waals surface area contributed by atoms with E-state index in [9.17, 15) is 4.79 Å². The van der Waals surface area contributed by atoms with E-state index in [0.29, 0.717) is 5.82 Å². The van der Waals surface area contributed by atoms with E-state index < -0.39 is 6.04 Å². The number of hydrogen-bond acceptors (Lipinski definition) is 3. The molecule has 1 unspecified atom stereocenters. The Morgan fingerprint density at radius 2 is 2.12 bits per heavy atom. The van der Waals surface area contributed by atoms with Gasteiger partial charge in [0.1, 0.15) is 5.82 Å². The Hall–Kier alpha value is -1.42. The molecule has 1 amide bonds. The predicted molar refractivity (Wildman–Crippen MR) is 65.0 cm³/mol. The van der Waals surface area contributed by atoms with Gasteiger partial charge in [-0.15, -0.1) is 0 Å². The smallest absolute Gasteiger partial charge is 0.242 e. The van der Waals surface area contributed by atoms with Gasteiger partial charge in [-0.1, -0.05) is 20.8 Å². The molecule has 88 valence electrons. The molecular formula is C12H19N3O. The zero-order valence-corrected chi connectivity index (χ0v) is 10.2. The Balaban J connectivity index is 2.72. The van der Waals surface area contributed by atoms with Crippen LogP contribution in [-0.4, -0.2) is 16.9 Å². The summed E-state index contributed by atoms with van der Waals surface area (Å²) in [4.78, 5) is 15.9. The topological polar surface area (TPSA) is 68.0 Å². The highest BCUT2D eigenvalue weighted by molar-refractivity contribution is 5.94. The van der Waals surface area contributed by atoms with Gasteiger partial charge in [-0.3, -0.25) is 4.79 Å². The van der Waals surface area contributed by atoms with Gasteiger partial charge >= 0.3 is 0 Å². The van der Waals surface area contributed by atoms with E-state index >= 15 is 0 Å². The zero-order valence-electron chi connectivity index (χ0n) is 10.2. The predicted octanol–water partition coefficient (Wildman–Crippen LogP) is 1.70. The molecule has 0 saturated carbocycles. The van der Waals surface area contributed by atoms with Crippen molar-refractivity contribution in [3.8, 4) is 0 Å². The van der Waals surface area contributed by atoms with Crippen LogP contribution in [0.25, 0.3) is 0 Å². The largest absolute Gasteiger partial charge is 0.319 e. The fourth-order valence-corrected chi connectivity index (χ4v) is 1.20. The molecule has 1 heterocycles. The second-order valence-electron chi connectivity index (χ2n) is 5.05. The van der Waals surface area contributed by atoms with Gasteiger partial charge in [-0.25, -0.2) is 4.98 Å². The van der Waals surface area contributed by atoms with Gasteiger partial charge in [-0.05, 0) is 30.0 Å². The number of rotatable bonds is 2. The average Bonchev–Trinajstić information content (AvgIpc) is 2.15. The van der Waals surface area contributed by atoms with E-state index in [4.69, 9.17) is 5.73 Å². The lowest BCUT2D eigenvalue weighted by molar-refractivity contribution is -0.119. The number of carbonyl (C=O) groups excluding carboxylic acids is 1. The Kier molecular flexibility index (Phi) is 3.65. The molecule has 16 heavy (non-hydrogen) atoms. The molecule has 0 aromatic carbocycles. The van der Waals surface area contributed by atoms with Gasteiger partial charge in [-0.2, -0.15) is 0 Å². The van der Waals surface area contributed by atoms with Gasteiger partial charge in [0, 0.05) is 6.20 Å². The van der Waals surface area contributed by atoms with Gasteiger partial charge in [0.2, 0.25) is 5.91 Å². The van der Waals surface area contributed by atoms with Crippen LogP contribution >= 0.6 is 0 Å². The lowest BCUT2D eigenvalue weighted by atomic mass is 9.87. The maximum Gasteiger partial charge on any atom is 0.242 e. The number of hydrogen-bond donors (Lipinski definition) is 2. The average molecular weight is 221 g/mol. The SMILES string of the molecule is Cc1ccnc(NC(=O)C(N)C(C)(C)C)c1. The monoisotopic (exact) mass is 221 g/mol. The first-order valence-electron chi connectivity index (χ1n) is 5.30. The normalized spacial score (nSPS) is 13.3. The van der Waals surface area contributed by atoms with E-state index in [1.54, 1.807) is 6.20 Å². The molecule has 0 aliphatic rings. The molecule has 3 N–H and O–H groups in total. The highest BCUT2D eigenvalue weighted by atomic mass is 16.2. The summed E-state index contributed by atoms with van der Waals surface area (Å²) in [5.41, 5.74) is 6.63. The highest BCUT2D eigenvalue weighted by Gasteiger charge is 2.27. The van der Waals surface area contributed by atoms with Gasteiger partial charge < -0.3 is 11.1 Å². The maximum absolute atomic E-state index is 11.8. The molecular weight excluding hydrogens is 202 g/mol. The third kappa shape index (κ3) is 3.31. The number of carbonyl (C=O) groups is 1. The highest BCUT2D eigenvalue weighted by Crippen LogP contribution is 2.18. The fraction of sp³-hybridized carbons (Fsp3) is 0.500. The number of pyridine rings is 1. The molecule has 0 radical (unpaired) electrons. The van der Waals surface area contributed by atoms with Crippen molar-refractivity contribution in [2.24, 2.45) is 11.1 Å². The summed E-state index contributed by atoms with van der Waals surface area (Å²) in [5, 5.41) is 2.71. The van der Waals surface area contributed by atoms with Gasteiger partial charge in [0.05, 0.1) is 6.04 Å². The van der Waals surface area contributed by atoms with Crippen LogP contribution in [0.4, 0.5) is 5.82 Å². The Morgan fingerprint density at radius 3 is 2.62 bits per heavy atom.